The standard InChI is InChI=1S/C27H26F6O4/c1-34-10-2-3-17-14-35-26(36-15-17)20-8-9-21-19(13-20)7-6-18(24(21)30)5-4-16-11-22(28)25(23(29)12-16)37-27(31,32)33/h6-9,11-13,17,26H,2-5,10,14-15H2,1H3. The topological polar surface area (TPSA) is 36.9 Å². The van der Waals surface area contributed by atoms with Crippen molar-refractivity contribution in [2.75, 3.05) is 26.9 Å². The molecule has 3 aromatic rings. The van der Waals surface area contributed by atoms with Crippen LogP contribution in [0, 0.1) is 23.4 Å². The van der Waals surface area contributed by atoms with E-state index in [-0.39, 0.29) is 18.4 Å². The second-order valence-electron chi connectivity index (χ2n) is 8.96. The largest absolute Gasteiger partial charge is 0.573 e. The number of methoxy groups -OCH3 is 1. The van der Waals surface area contributed by atoms with Crippen molar-refractivity contribution < 1.29 is 45.3 Å². The van der Waals surface area contributed by atoms with Crippen LogP contribution < -0.4 is 4.74 Å². The molecule has 0 atom stereocenters. The van der Waals surface area contributed by atoms with Crippen LogP contribution in [0.1, 0.15) is 35.8 Å². The molecular weight excluding hydrogens is 502 g/mol. The van der Waals surface area contributed by atoms with Gasteiger partial charge in [-0.15, -0.1) is 13.2 Å². The lowest BCUT2D eigenvalue weighted by atomic mass is 9.98. The number of ether oxygens (including phenoxy) is 4. The highest BCUT2D eigenvalue weighted by Gasteiger charge is 2.34. The first-order chi connectivity index (χ1) is 17.6. The fourth-order valence-corrected chi connectivity index (χ4v) is 4.36. The summed E-state index contributed by atoms with van der Waals surface area (Å²) in [5.74, 6) is -4.66. The molecule has 37 heavy (non-hydrogen) atoms. The number of hydrogen-bond donors (Lipinski definition) is 0. The van der Waals surface area contributed by atoms with E-state index in [9.17, 15) is 22.0 Å². The van der Waals surface area contributed by atoms with Crippen molar-refractivity contribution in [2.24, 2.45) is 5.92 Å². The molecule has 0 aromatic heterocycles. The summed E-state index contributed by atoms with van der Waals surface area (Å²) in [6.07, 6.45) is -3.80. The van der Waals surface area contributed by atoms with Crippen LogP contribution in [0.3, 0.4) is 0 Å². The van der Waals surface area contributed by atoms with E-state index >= 15 is 4.39 Å². The van der Waals surface area contributed by atoms with Gasteiger partial charge < -0.3 is 18.9 Å². The Kier molecular flexibility index (Phi) is 8.61. The van der Waals surface area contributed by atoms with Gasteiger partial charge in [0.25, 0.3) is 0 Å². The van der Waals surface area contributed by atoms with Gasteiger partial charge in [-0.25, -0.2) is 13.2 Å². The molecule has 3 aromatic carbocycles. The molecule has 0 spiro atoms. The minimum absolute atomic E-state index is 0.00987. The highest BCUT2D eigenvalue weighted by atomic mass is 19.4. The third-order valence-electron chi connectivity index (χ3n) is 6.22. The van der Waals surface area contributed by atoms with Crippen molar-refractivity contribution in [1.29, 1.82) is 0 Å². The Bertz CT molecular complexity index is 1200. The normalized spacial score (nSPS) is 18.4. The molecule has 200 valence electrons. The molecule has 0 bridgehead atoms. The Labute approximate surface area is 210 Å². The van der Waals surface area contributed by atoms with Crippen LogP contribution in [0.5, 0.6) is 5.75 Å². The molecule has 0 unspecified atom stereocenters. The molecule has 1 saturated heterocycles. The number of hydrogen-bond acceptors (Lipinski definition) is 4. The van der Waals surface area contributed by atoms with E-state index in [1.807, 2.05) is 0 Å². The van der Waals surface area contributed by atoms with Gasteiger partial charge in [-0.2, -0.15) is 0 Å². The summed E-state index contributed by atoms with van der Waals surface area (Å²) in [6, 6.07) is 9.96. The fraction of sp³-hybridized carbons (Fsp3) is 0.407. The zero-order valence-corrected chi connectivity index (χ0v) is 20.0. The Balaban J connectivity index is 1.41. The summed E-state index contributed by atoms with van der Waals surface area (Å²) in [5, 5.41) is 1.000. The highest BCUT2D eigenvalue weighted by Crippen LogP contribution is 2.32. The summed E-state index contributed by atoms with van der Waals surface area (Å²) < 4.78 is 100. The molecule has 1 heterocycles. The number of alkyl halides is 3. The van der Waals surface area contributed by atoms with Crippen LogP contribution in [0.4, 0.5) is 26.3 Å². The van der Waals surface area contributed by atoms with Crippen molar-refractivity contribution >= 4 is 10.8 Å². The summed E-state index contributed by atoms with van der Waals surface area (Å²) >= 11 is 0. The lowest BCUT2D eigenvalue weighted by molar-refractivity contribution is -0.276. The van der Waals surface area contributed by atoms with Gasteiger partial charge in [0.2, 0.25) is 5.75 Å². The minimum Gasteiger partial charge on any atom is -0.399 e. The van der Waals surface area contributed by atoms with Gasteiger partial charge in [-0.1, -0.05) is 24.3 Å². The van der Waals surface area contributed by atoms with Crippen LogP contribution in [-0.4, -0.2) is 33.3 Å². The third kappa shape index (κ3) is 6.94. The summed E-state index contributed by atoms with van der Waals surface area (Å²) in [7, 11) is 1.66. The third-order valence-corrected chi connectivity index (χ3v) is 6.22. The van der Waals surface area contributed by atoms with Crippen molar-refractivity contribution in [3.63, 3.8) is 0 Å². The van der Waals surface area contributed by atoms with Crippen molar-refractivity contribution in [3.05, 3.63) is 76.6 Å². The molecule has 4 rings (SSSR count). The molecule has 1 aliphatic rings. The van der Waals surface area contributed by atoms with E-state index in [2.05, 4.69) is 4.74 Å². The molecule has 0 N–H and O–H groups in total. The summed E-state index contributed by atoms with van der Waals surface area (Å²) in [5.41, 5.74) is 1.15. The van der Waals surface area contributed by atoms with Gasteiger partial charge in [0.05, 0.1) is 13.2 Å². The van der Waals surface area contributed by atoms with Gasteiger partial charge in [0, 0.05) is 30.6 Å². The molecule has 0 aliphatic carbocycles. The second kappa shape index (κ2) is 11.7. The van der Waals surface area contributed by atoms with Crippen LogP contribution >= 0.6 is 0 Å². The predicted molar refractivity (Wildman–Crippen MR) is 124 cm³/mol. The molecule has 0 amide bonds. The second-order valence-corrected chi connectivity index (χ2v) is 8.96. The average Bonchev–Trinajstić information content (AvgIpc) is 2.86. The quantitative estimate of drug-likeness (QED) is 0.221. The molecule has 1 fully saturated rings. The number of fused-ring (bicyclic) bond motifs is 1. The van der Waals surface area contributed by atoms with E-state index in [1.165, 1.54) is 0 Å². The fourth-order valence-electron chi connectivity index (χ4n) is 4.36. The first kappa shape index (κ1) is 27.2. The highest BCUT2D eigenvalue weighted by molar-refractivity contribution is 5.84. The number of benzene rings is 3. The van der Waals surface area contributed by atoms with Crippen molar-refractivity contribution in [3.8, 4) is 5.75 Å². The maximum absolute atomic E-state index is 15.2. The Morgan fingerprint density at radius 1 is 0.919 bits per heavy atom. The van der Waals surface area contributed by atoms with Crippen molar-refractivity contribution in [2.45, 2.75) is 38.3 Å². The minimum atomic E-state index is -5.22. The van der Waals surface area contributed by atoms with Gasteiger partial charge in [0.15, 0.2) is 17.9 Å². The molecule has 1 aliphatic heterocycles. The number of rotatable bonds is 9. The van der Waals surface area contributed by atoms with E-state index in [1.54, 1.807) is 37.4 Å². The zero-order valence-electron chi connectivity index (χ0n) is 20.0. The lowest BCUT2D eigenvalue weighted by Crippen LogP contribution is -2.27. The Morgan fingerprint density at radius 3 is 2.27 bits per heavy atom. The van der Waals surface area contributed by atoms with Gasteiger partial charge in [0.1, 0.15) is 5.82 Å². The molecule has 0 saturated carbocycles. The molecule has 10 heteroatoms. The van der Waals surface area contributed by atoms with E-state index in [4.69, 9.17) is 14.2 Å². The van der Waals surface area contributed by atoms with Gasteiger partial charge in [-0.05, 0) is 60.4 Å². The molecule has 4 nitrogen and oxygen atoms in total. The first-order valence-corrected chi connectivity index (χ1v) is 11.8. The lowest BCUT2D eigenvalue weighted by Gasteiger charge is -2.29. The Hall–Kier alpha value is -2.82. The van der Waals surface area contributed by atoms with Gasteiger partial charge in [-0.3, -0.25) is 0 Å². The number of aryl methyl sites for hydroxylation is 2. The van der Waals surface area contributed by atoms with Crippen LogP contribution in [0.15, 0.2) is 42.5 Å². The summed E-state index contributed by atoms with van der Waals surface area (Å²) in [4.78, 5) is 0. The van der Waals surface area contributed by atoms with Gasteiger partial charge >= 0.3 is 6.36 Å². The number of halogens is 6. The smallest absolute Gasteiger partial charge is 0.399 e. The zero-order chi connectivity index (χ0) is 26.6. The van der Waals surface area contributed by atoms with E-state index in [0.29, 0.717) is 42.1 Å². The van der Waals surface area contributed by atoms with Crippen LogP contribution in [0.2, 0.25) is 0 Å². The predicted octanol–water partition coefficient (Wildman–Crippen LogP) is 7.03. The Morgan fingerprint density at radius 2 is 1.62 bits per heavy atom. The SMILES string of the molecule is COCCCC1COC(c2ccc3c(F)c(CCc4cc(F)c(OC(F)(F)F)c(F)c4)ccc3c2)OC1. The first-order valence-electron chi connectivity index (χ1n) is 11.8. The van der Waals surface area contributed by atoms with E-state index < -0.39 is 35.9 Å². The monoisotopic (exact) mass is 528 g/mol. The molecule has 0 radical (unpaired) electrons. The summed E-state index contributed by atoms with van der Waals surface area (Å²) in [6.45, 7) is 1.81. The van der Waals surface area contributed by atoms with Crippen LogP contribution in [-0.2, 0) is 27.1 Å². The average molecular weight is 528 g/mol. The van der Waals surface area contributed by atoms with Crippen LogP contribution in [0.25, 0.3) is 10.8 Å². The van der Waals surface area contributed by atoms with Crippen molar-refractivity contribution in [1.82, 2.24) is 0 Å². The maximum atomic E-state index is 15.2. The maximum Gasteiger partial charge on any atom is 0.573 e. The van der Waals surface area contributed by atoms with E-state index in [0.717, 1.165) is 30.5 Å². The molecular formula is C27H26F6O4.